The molecular formula is C13H9F2N3O3. The van der Waals surface area contributed by atoms with E-state index in [-0.39, 0.29) is 23.7 Å². The molecule has 1 aromatic heterocycles. The minimum atomic E-state index is -0.987. The third-order valence-electron chi connectivity index (χ3n) is 3.09. The van der Waals surface area contributed by atoms with Gasteiger partial charge in [-0.05, 0) is 6.07 Å². The first kappa shape index (κ1) is 13.3. The Bertz CT molecular complexity index is 757. The molecule has 0 radical (unpaired) electrons. The molecule has 108 valence electrons. The fraction of sp³-hybridized carbons (Fsp3) is 0.231. The SMILES string of the molecule is CCc1nnc(CN2C(=O)C(=O)c3cc(F)cc(F)c32)o1. The quantitative estimate of drug-likeness (QED) is 0.804. The van der Waals surface area contributed by atoms with Gasteiger partial charge in [0.25, 0.3) is 11.7 Å². The first-order valence-electron chi connectivity index (χ1n) is 6.17. The Morgan fingerprint density at radius 1 is 1.19 bits per heavy atom. The molecule has 1 amide bonds. The minimum Gasteiger partial charge on any atom is -0.423 e. The molecule has 21 heavy (non-hydrogen) atoms. The number of anilines is 1. The van der Waals surface area contributed by atoms with E-state index >= 15 is 0 Å². The van der Waals surface area contributed by atoms with Crippen molar-refractivity contribution in [2.75, 3.05) is 4.90 Å². The van der Waals surface area contributed by atoms with Crippen molar-refractivity contribution >= 4 is 17.4 Å². The second kappa shape index (κ2) is 4.72. The molecule has 0 atom stereocenters. The normalized spacial score (nSPS) is 14.0. The summed E-state index contributed by atoms with van der Waals surface area (Å²) in [4.78, 5) is 24.6. The highest BCUT2D eigenvalue weighted by molar-refractivity contribution is 6.52. The topological polar surface area (TPSA) is 76.3 Å². The number of Topliss-reactive ketones (excluding diaryl/α,β-unsaturated/α-hetero) is 1. The maximum atomic E-state index is 13.9. The van der Waals surface area contributed by atoms with Crippen molar-refractivity contribution < 1.29 is 22.8 Å². The van der Waals surface area contributed by atoms with Crippen LogP contribution in [0.1, 0.15) is 29.1 Å². The van der Waals surface area contributed by atoms with Gasteiger partial charge in [0.2, 0.25) is 11.8 Å². The van der Waals surface area contributed by atoms with Crippen molar-refractivity contribution in [2.45, 2.75) is 19.9 Å². The van der Waals surface area contributed by atoms with Gasteiger partial charge in [0.1, 0.15) is 12.4 Å². The Labute approximate surface area is 117 Å². The second-order valence-corrected chi connectivity index (χ2v) is 4.45. The van der Waals surface area contributed by atoms with E-state index in [0.717, 1.165) is 11.0 Å². The van der Waals surface area contributed by atoms with E-state index in [2.05, 4.69) is 10.2 Å². The molecule has 3 rings (SSSR count). The summed E-state index contributed by atoms with van der Waals surface area (Å²) in [6.45, 7) is 1.56. The predicted octanol–water partition coefficient (Wildman–Crippen LogP) is 1.64. The third-order valence-corrected chi connectivity index (χ3v) is 3.09. The van der Waals surface area contributed by atoms with E-state index in [1.165, 1.54) is 0 Å². The van der Waals surface area contributed by atoms with Gasteiger partial charge in [-0.2, -0.15) is 0 Å². The Morgan fingerprint density at radius 3 is 2.57 bits per heavy atom. The number of carbonyl (C=O) groups is 2. The van der Waals surface area contributed by atoms with E-state index < -0.39 is 23.3 Å². The monoisotopic (exact) mass is 293 g/mol. The van der Waals surface area contributed by atoms with Gasteiger partial charge in [0.15, 0.2) is 5.82 Å². The Morgan fingerprint density at radius 2 is 1.90 bits per heavy atom. The third kappa shape index (κ3) is 2.08. The van der Waals surface area contributed by atoms with Crippen molar-refractivity contribution in [3.63, 3.8) is 0 Å². The molecule has 0 fully saturated rings. The lowest BCUT2D eigenvalue weighted by Crippen LogP contribution is -2.29. The number of nitrogens with zero attached hydrogens (tertiary/aromatic N) is 3. The zero-order valence-corrected chi connectivity index (χ0v) is 10.9. The summed E-state index contributed by atoms with van der Waals surface area (Å²) in [5.74, 6) is -3.38. The van der Waals surface area contributed by atoms with Crippen LogP contribution in [0.2, 0.25) is 0 Å². The van der Waals surface area contributed by atoms with Gasteiger partial charge < -0.3 is 4.42 Å². The fourth-order valence-corrected chi connectivity index (χ4v) is 2.13. The van der Waals surface area contributed by atoms with Gasteiger partial charge in [-0.15, -0.1) is 10.2 Å². The van der Waals surface area contributed by atoms with Gasteiger partial charge in [-0.3, -0.25) is 14.5 Å². The van der Waals surface area contributed by atoms with E-state index in [4.69, 9.17) is 4.42 Å². The lowest BCUT2D eigenvalue weighted by atomic mass is 10.1. The molecule has 0 saturated carbocycles. The van der Waals surface area contributed by atoms with Gasteiger partial charge >= 0.3 is 0 Å². The number of halogens is 2. The summed E-state index contributed by atoms with van der Waals surface area (Å²) >= 11 is 0. The number of fused-ring (bicyclic) bond motifs is 1. The second-order valence-electron chi connectivity index (χ2n) is 4.45. The fourth-order valence-electron chi connectivity index (χ4n) is 2.13. The Hall–Kier alpha value is -2.64. The first-order valence-corrected chi connectivity index (χ1v) is 6.17. The summed E-state index contributed by atoms with van der Waals surface area (Å²) in [7, 11) is 0. The molecule has 2 aromatic rings. The summed E-state index contributed by atoms with van der Waals surface area (Å²) in [5, 5.41) is 7.43. The minimum absolute atomic E-state index is 0.0737. The van der Waals surface area contributed by atoms with Crippen molar-refractivity contribution in [2.24, 2.45) is 0 Å². The Balaban J connectivity index is 2.01. The molecule has 0 saturated heterocycles. The van der Waals surface area contributed by atoms with Gasteiger partial charge in [-0.25, -0.2) is 8.78 Å². The van der Waals surface area contributed by atoms with Crippen LogP contribution >= 0.6 is 0 Å². The molecule has 0 N–H and O–H groups in total. The number of carbonyl (C=O) groups excluding carboxylic acids is 2. The van der Waals surface area contributed by atoms with E-state index in [1.807, 2.05) is 0 Å². The average molecular weight is 293 g/mol. The highest BCUT2D eigenvalue weighted by Gasteiger charge is 2.39. The number of rotatable bonds is 3. The molecule has 1 aromatic carbocycles. The highest BCUT2D eigenvalue weighted by atomic mass is 19.1. The molecule has 2 heterocycles. The zero-order valence-electron chi connectivity index (χ0n) is 10.9. The number of ketones is 1. The van der Waals surface area contributed by atoms with Crippen LogP contribution in [0.3, 0.4) is 0 Å². The van der Waals surface area contributed by atoms with Gasteiger partial charge in [-0.1, -0.05) is 6.92 Å². The van der Waals surface area contributed by atoms with E-state index in [1.54, 1.807) is 6.92 Å². The largest absolute Gasteiger partial charge is 0.423 e. The van der Waals surface area contributed by atoms with Crippen LogP contribution in [0, 0.1) is 11.6 Å². The number of hydrogen-bond donors (Lipinski definition) is 0. The van der Waals surface area contributed by atoms with Crippen LogP contribution < -0.4 is 4.90 Å². The molecule has 1 aliphatic heterocycles. The molecule has 0 aliphatic carbocycles. The van der Waals surface area contributed by atoms with Crippen LogP contribution in [-0.4, -0.2) is 21.9 Å². The standard InChI is InChI=1S/C13H9F2N3O3/c1-2-9-16-17-10(21-9)5-18-11-7(12(19)13(18)20)3-6(14)4-8(11)15/h3-4H,2,5H2,1H3. The summed E-state index contributed by atoms with van der Waals surface area (Å²) in [6.07, 6.45) is 0.510. The molecule has 0 spiro atoms. The average Bonchev–Trinajstić information content (AvgIpc) is 2.98. The Kier molecular flexibility index (Phi) is 3.00. The van der Waals surface area contributed by atoms with Gasteiger partial charge in [0, 0.05) is 12.5 Å². The van der Waals surface area contributed by atoms with Crippen molar-refractivity contribution in [1.82, 2.24) is 10.2 Å². The number of benzene rings is 1. The molecule has 0 unspecified atom stereocenters. The molecular weight excluding hydrogens is 284 g/mol. The van der Waals surface area contributed by atoms with Crippen molar-refractivity contribution in [3.05, 3.63) is 41.1 Å². The smallest absolute Gasteiger partial charge is 0.300 e. The van der Waals surface area contributed by atoms with Crippen LogP contribution in [0.15, 0.2) is 16.5 Å². The predicted molar refractivity (Wildman–Crippen MR) is 65.6 cm³/mol. The summed E-state index contributed by atoms with van der Waals surface area (Å²) in [5.41, 5.74) is -0.560. The summed E-state index contributed by atoms with van der Waals surface area (Å²) in [6, 6.07) is 1.45. The van der Waals surface area contributed by atoms with E-state index in [9.17, 15) is 18.4 Å². The number of aromatic nitrogens is 2. The lowest BCUT2D eigenvalue weighted by molar-refractivity contribution is -0.114. The van der Waals surface area contributed by atoms with E-state index in [0.29, 0.717) is 18.4 Å². The van der Waals surface area contributed by atoms with Gasteiger partial charge in [0.05, 0.1) is 11.3 Å². The number of hydrogen-bond acceptors (Lipinski definition) is 5. The number of aryl methyl sites for hydroxylation is 1. The van der Waals surface area contributed by atoms with Crippen LogP contribution in [0.5, 0.6) is 0 Å². The number of amides is 1. The molecule has 0 bridgehead atoms. The van der Waals surface area contributed by atoms with Crippen molar-refractivity contribution in [3.8, 4) is 0 Å². The highest BCUT2D eigenvalue weighted by Crippen LogP contribution is 2.33. The first-order chi connectivity index (χ1) is 10.0. The maximum Gasteiger partial charge on any atom is 0.300 e. The lowest BCUT2D eigenvalue weighted by Gasteiger charge is -2.14. The molecule has 8 heteroatoms. The van der Waals surface area contributed by atoms with Crippen LogP contribution in [0.25, 0.3) is 0 Å². The molecule has 1 aliphatic rings. The zero-order chi connectivity index (χ0) is 15.1. The molecule has 6 nitrogen and oxygen atoms in total. The van der Waals surface area contributed by atoms with Crippen LogP contribution in [-0.2, 0) is 17.8 Å². The van der Waals surface area contributed by atoms with Crippen LogP contribution in [0.4, 0.5) is 14.5 Å². The summed E-state index contributed by atoms with van der Waals surface area (Å²) < 4.78 is 32.3. The van der Waals surface area contributed by atoms with Crippen molar-refractivity contribution in [1.29, 1.82) is 0 Å². The maximum absolute atomic E-state index is 13.9.